The topological polar surface area (TPSA) is 66.9 Å². The Kier molecular flexibility index (Phi) is 6.14. The second kappa shape index (κ2) is 9.32. The van der Waals surface area contributed by atoms with Crippen LogP contribution in [0.4, 0.5) is 0 Å². The normalized spacial score (nSPS) is 10.8. The lowest BCUT2D eigenvalue weighted by atomic mass is 10.1. The number of hydrogen-bond donors (Lipinski definition) is 2. The van der Waals surface area contributed by atoms with Gasteiger partial charge in [0.05, 0.1) is 0 Å². The van der Waals surface area contributed by atoms with Crippen molar-refractivity contribution in [2.75, 3.05) is 13.1 Å². The van der Waals surface area contributed by atoms with Crippen molar-refractivity contribution < 1.29 is 4.79 Å². The van der Waals surface area contributed by atoms with Gasteiger partial charge < -0.3 is 5.32 Å². The largest absolute Gasteiger partial charge is 0.351 e. The maximum atomic E-state index is 12.3. The van der Waals surface area contributed by atoms with Crippen LogP contribution in [-0.4, -0.2) is 29.0 Å². The number of benzene rings is 2. The minimum Gasteiger partial charge on any atom is -0.351 e. The van der Waals surface area contributed by atoms with Gasteiger partial charge in [-0.15, -0.1) is 0 Å². The van der Waals surface area contributed by atoms with Crippen LogP contribution < -0.4 is 10.0 Å². The third-order valence-corrected chi connectivity index (χ3v) is 5.40. The Morgan fingerprint density at radius 2 is 1.69 bits per heavy atom. The molecule has 0 saturated heterocycles. The number of carbonyl (C=O) groups is 1. The van der Waals surface area contributed by atoms with Crippen LogP contribution in [-0.2, 0) is 0 Å². The van der Waals surface area contributed by atoms with Gasteiger partial charge in [0.2, 0.25) is 0 Å². The summed E-state index contributed by atoms with van der Waals surface area (Å²) in [6.45, 7) is 1.20. The van der Waals surface area contributed by atoms with Crippen molar-refractivity contribution in [3.05, 3.63) is 91.0 Å². The minimum absolute atomic E-state index is 0.0780. The lowest BCUT2D eigenvalue weighted by Gasteiger charge is -2.09. The highest BCUT2D eigenvalue weighted by atomic mass is 32.2. The van der Waals surface area contributed by atoms with Crippen molar-refractivity contribution in [3.63, 3.8) is 0 Å². The number of aromatic nitrogens is 2. The van der Waals surface area contributed by atoms with Crippen LogP contribution in [0.25, 0.3) is 21.9 Å². The number of nitrogens with zero attached hydrogens (tertiary/aromatic N) is 2. The molecule has 0 aliphatic heterocycles. The highest BCUT2D eigenvalue weighted by Crippen LogP contribution is 2.25. The van der Waals surface area contributed by atoms with Gasteiger partial charge in [0.15, 0.2) is 0 Å². The van der Waals surface area contributed by atoms with E-state index < -0.39 is 0 Å². The molecule has 2 aromatic carbocycles. The number of carbonyl (C=O) groups excluding carboxylic acids is 1. The molecule has 0 unspecified atom stereocenters. The zero-order valence-electron chi connectivity index (χ0n) is 15.7. The first-order valence-electron chi connectivity index (χ1n) is 9.32. The van der Waals surface area contributed by atoms with Crippen LogP contribution in [0, 0.1) is 0 Å². The molecule has 2 heterocycles. The fraction of sp³-hybridized carbons (Fsp3) is 0.0870. The fourth-order valence-electron chi connectivity index (χ4n) is 2.99. The van der Waals surface area contributed by atoms with Crippen molar-refractivity contribution in [1.82, 2.24) is 20.0 Å². The summed E-state index contributed by atoms with van der Waals surface area (Å²) in [7, 11) is 0. The molecule has 4 rings (SSSR count). The number of amides is 1. The smallest absolute Gasteiger partial charge is 0.251 e. The monoisotopic (exact) mass is 400 g/mol. The second-order valence-corrected chi connectivity index (χ2v) is 7.36. The number of hydrogen-bond acceptors (Lipinski definition) is 5. The quantitative estimate of drug-likeness (QED) is 0.357. The van der Waals surface area contributed by atoms with Crippen LogP contribution in [0.1, 0.15) is 10.4 Å². The van der Waals surface area contributed by atoms with Gasteiger partial charge in [-0.1, -0.05) is 30.3 Å². The van der Waals surface area contributed by atoms with E-state index in [4.69, 9.17) is 0 Å². The zero-order valence-corrected chi connectivity index (χ0v) is 16.5. The first-order valence-corrected chi connectivity index (χ1v) is 10.1. The van der Waals surface area contributed by atoms with E-state index in [1.165, 1.54) is 0 Å². The van der Waals surface area contributed by atoms with Crippen molar-refractivity contribution >= 4 is 28.6 Å². The Bertz CT molecular complexity index is 1100. The average molecular weight is 401 g/mol. The number of pyridine rings is 2. The third kappa shape index (κ3) is 4.80. The van der Waals surface area contributed by atoms with Gasteiger partial charge in [-0.05, 0) is 58.8 Å². The van der Waals surface area contributed by atoms with Gasteiger partial charge in [-0.2, -0.15) is 0 Å². The Morgan fingerprint density at radius 3 is 2.52 bits per heavy atom. The fourth-order valence-corrected chi connectivity index (χ4v) is 3.79. The van der Waals surface area contributed by atoms with Crippen molar-refractivity contribution in [2.24, 2.45) is 0 Å². The van der Waals surface area contributed by atoms with E-state index in [9.17, 15) is 4.79 Å². The Hall–Kier alpha value is -3.22. The lowest BCUT2D eigenvalue weighted by Crippen LogP contribution is -2.29. The summed E-state index contributed by atoms with van der Waals surface area (Å²) in [4.78, 5) is 21.8. The van der Waals surface area contributed by atoms with Crippen molar-refractivity contribution in [3.8, 4) is 11.1 Å². The molecule has 4 aromatic rings. The summed E-state index contributed by atoms with van der Waals surface area (Å²) in [5.74, 6) is -0.0780. The molecule has 0 saturated carbocycles. The predicted molar refractivity (Wildman–Crippen MR) is 118 cm³/mol. The molecule has 29 heavy (non-hydrogen) atoms. The number of rotatable bonds is 7. The molecular formula is C23H20N4OS. The van der Waals surface area contributed by atoms with Gasteiger partial charge in [0.1, 0.15) is 0 Å². The molecular weight excluding hydrogens is 380 g/mol. The predicted octanol–water partition coefficient (Wildman–Crippen LogP) is 4.32. The van der Waals surface area contributed by atoms with E-state index in [1.54, 1.807) is 24.3 Å². The molecule has 0 bridgehead atoms. The van der Waals surface area contributed by atoms with Crippen LogP contribution in [0.2, 0.25) is 0 Å². The maximum absolute atomic E-state index is 12.3. The average Bonchev–Trinajstić information content (AvgIpc) is 2.79. The molecule has 2 N–H and O–H groups in total. The molecule has 2 aromatic heterocycles. The molecule has 5 nitrogen and oxygen atoms in total. The Morgan fingerprint density at radius 1 is 0.828 bits per heavy atom. The van der Waals surface area contributed by atoms with Crippen LogP contribution in [0.5, 0.6) is 0 Å². The van der Waals surface area contributed by atoms with Gasteiger partial charge in [0.25, 0.3) is 5.91 Å². The summed E-state index contributed by atoms with van der Waals surface area (Å²) < 4.78 is 3.31. The minimum atomic E-state index is -0.0780. The van der Waals surface area contributed by atoms with Gasteiger partial charge in [-0.25, -0.2) is 0 Å². The van der Waals surface area contributed by atoms with Crippen molar-refractivity contribution in [1.29, 1.82) is 0 Å². The van der Waals surface area contributed by atoms with Crippen molar-refractivity contribution in [2.45, 2.75) is 4.90 Å². The van der Waals surface area contributed by atoms with E-state index in [1.807, 2.05) is 67.0 Å². The third-order valence-electron chi connectivity index (χ3n) is 4.48. The molecule has 0 fully saturated rings. The first-order chi connectivity index (χ1) is 14.3. The molecule has 0 radical (unpaired) electrons. The first kappa shape index (κ1) is 19.1. The van der Waals surface area contributed by atoms with E-state index in [0.29, 0.717) is 18.7 Å². The molecule has 0 atom stereocenters. The van der Waals surface area contributed by atoms with Crippen LogP contribution in [0.3, 0.4) is 0 Å². The SMILES string of the molecule is O=C(NCCNSc1cccc2cnccc12)c1ccc(-c2cccnc2)cc1. The molecule has 1 amide bonds. The summed E-state index contributed by atoms with van der Waals surface area (Å²) in [6.07, 6.45) is 7.21. The van der Waals surface area contributed by atoms with E-state index in [0.717, 1.165) is 26.8 Å². The lowest BCUT2D eigenvalue weighted by molar-refractivity contribution is 0.0954. The van der Waals surface area contributed by atoms with Gasteiger partial charge in [-0.3, -0.25) is 19.5 Å². The Balaban J connectivity index is 1.26. The maximum Gasteiger partial charge on any atom is 0.251 e. The highest BCUT2D eigenvalue weighted by molar-refractivity contribution is 7.97. The summed E-state index contributed by atoms with van der Waals surface area (Å²) in [5.41, 5.74) is 2.72. The van der Waals surface area contributed by atoms with E-state index >= 15 is 0 Å². The molecule has 144 valence electrons. The standard InChI is InChI=1S/C23H20N4OS/c28-23(18-8-6-17(7-9-18)19-4-2-11-24-15-19)26-13-14-27-29-22-5-1-3-20-16-25-12-10-21(20)22/h1-12,15-16,27H,13-14H2,(H,26,28). The molecule has 6 heteroatoms. The molecule has 0 spiro atoms. The van der Waals surface area contributed by atoms with Crippen LogP contribution >= 0.6 is 11.9 Å². The summed E-state index contributed by atoms with van der Waals surface area (Å²) >= 11 is 1.56. The van der Waals surface area contributed by atoms with Gasteiger partial charge in [0, 0.05) is 53.7 Å². The van der Waals surface area contributed by atoms with Crippen LogP contribution in [0.15, 0.2) is 90.3 Å². The highest BCUT2D eigenvalue weighted by Gasteiger charge is 2.06. The molecule has 0 aliphatic rings. The molecule has 0 aliphatic carbocycles. The number of nitrogens with one attached hydrogen (secondary N) is 2. The summed E-state index contributed by atoms with van der Waals surface area (Å²) in [6, 6.07) is 19.6. The number of fused-ring (bicyclic) bond motifs is 1. The van der Waals surface area contributed by atoms with Gasteiger partial charge >= 0.3 is 0 Å². The van der Waals surface area contributed by atoms with E-state index in [2.05, 4.69) is 26.1 Å². The Labute approximate surface area is 173 Å². The van der Waals surface area contributed by atoms with E-state index in [-0.39, 0.29) is 5.91 Å². The summed E-state index contributed by atoms with van der Waals surface area (Å²) in [5, 5.41) is 5.22. The second-order valence-electron chi connectivity index (χ2n) is 6.42. The zero-order chi connectivity index (χ0) is 19.9.